The number of rotatable bonds is 6. The third kappa shape index (κ3) is 5.43. The van der Waals surface area contributed by atoms with E-state index in [-0.39, 0.29) is 18.3 Å². The highest BCUT2D eigenvalue weighted by Crippen LogP contribution is 2.11. The van der Waals surface area contributed by atoms with Crippen molar-refractivity contribution in [1.29, 1.82) is 0 Å². The number of nitrogens with two attached hydrogens (primary N) is 1. The van der Waals surface area contributed by atoms with Crippen LogP contribution in [-0.2, 0) is 14.3 Å². The zero-order valence-corrected chi connectivity index (χ0v) is 12.4. The second kappa shape index (κ2) is 7.64. The Morgan fingerprint density at radius 3 is 2.29 bits per heavy atom. The highest BCUT2D eigenvalue weighted by atomic mass is 16.6. The molecular weight excluding hydrogens is 274 g/mol. The van der Waals surface area contributed by atoms with E-state index in [1.54, 1.807) is 6.92 Å². The molecular formula is C15H21NO5. The average Bonchev–Trinajstić information content (AvgIpc) is 2.44. The van der Waals surface area contributed by atoms with E-state index >= 15 is 0 Å². The average molecular weight is 295 g/mol. The molecule has 0 heterocycles. The summed E-state index contributed by atoms with van der Waals surface area (Å²) in [5, 5.41) is 9.13. The number of ether oxygens (including phenoxy) is 2. The van der Waals surface area contributed by atoms with Crippen molar-refractivity contribution in [1.82, 2.24) is 0 Å². The monoisotopic (exact) mass is 295 g/mol. The van der Waals surface area contributed by atoms with Crippen molar-refractivity contribution in [3.8, 4) is 5.75 Å². The first-order chi connectivity index (χ1) is 9.81. The molecule has 1 rings (SSSR count). The zero-order valence-electron chi connectivity index (χ0n) is 12.4. The van der Waals surface area contributed by atoms with E-state index in [1.165, 1.54) is 24.3 Å². The third-order valence-corrected chi connectivity index (χ3v) is 2.86. The quantitative estimate of drug-likeness (QED) is 0.771. The maximum Gasteiger partial charge on any atom is 0.338 e. The second-order valence-electron chi connectivity index (χ2n) is 5.16. The Hall–Kier alpha value is -2.08. The summed E-state index contributed by atoms with van der Waals surface area (Å²) in [5.41, 5.74) is 5.97. The Morgan fingerprint density at radius 2 is 1.76 bits per heavy atom. The molecule has 6 nitrogen and oxygen atoms in total. The van der Waals surface area contributed by atoms with Gasteiger partial charge < -0.3 is 20.3 Å². The van der Waals surface area contributed by atoms with Crippen LogP contribution < -0.4 is 5.73 Å². The minimum absolute atomic E-state index is 0.0238. The molecule has 0 aliphatic rings. The minimum Gasteiger partial charge on any atom is -0.508 e. The predicted molar refractivity (Wildman–Crippen MR) is 76.8 cm³/mol. The topological polar surface area (TPSA) is 98.9 Å². The van der Waals surface area contributed by atoms with Crippen molar-refractivity contribution in [2.45, 2.75) is 32.9 Å². The Balaban J connectivity index is 2.42. The molecule has 1 aromatic carbocycles. The molecule has 6 heteroatoms. The standard InChI is InChI=1S/C15H21NO5/c1-9(2)13(16)15(19)21-10(3)8-20-14(18)11-4-6-12(17)7-5-11/h4-7,9-10,13,17H,8,16H2,1-3H3. The van der Waals surface area contributed by atoms with Crippen LogP contribution >= 0.6 is 0 Å². The van der Waals surface area contributed by atoms with Crippen molar-refractivity contribution in [2.24, 2.45) is 11.7 Å². The van der Waals surface area contributed by atoms with Gasteiger partial charge in [0, 0.05) is 0 Å². The summed E-state index contributed by atoms with van der Waals surface area (Å²) in [5.74, 6) is -1.02. The molecule has 0 aliphatic carbocycles. The van der Waals surface area contributed by atoms with Crippen LogP contribution in [0.15, 0.2) is 24.3 Å². The number of esters is 2. The molecule has 0 radical (unpaired) electrons. The van der Waals surface area contributed by atoms with E-state index in [2.05, 4.69) is 0 Å². The molecule has 0 aliphatic heterocycles. The minimum atomic E-state index is -0.694. The first-order valence-corrected chi connectivity index (χ1v) is 6.73. The highest BCUT2D eigenvalue weighted by Gasteiger charge is 2.21. The summed E-state index contributed by atoms with van der Waals surface area (Å²) in [6.07, 6.45) is -0.580. The van der Waals surface area contributed by atoms with Crippen LogP contribution in [-0.4, -0.2) is 35.8 Å². The molecule has 1 aromatic rings. The lowest BCUT2D eigenvalue weighted by Gasteiger charge is -2.18. The molecule has 0 aromatic heterocycles. The van der Waals surface area contributed by atoms with Crippen molar-refractivity contribution in [2.75, 3.05) is 6.61 Å². The molecule has 0 fully saturated rings. The number of carbonyl (C=O) groups is 2. The number of benzene rings is 1. The molecule has 0 saturated carbocycles. The van der Waals surface area contributed by atoms with Gasteiger partial charge in [0.2, 0.25) is 0 Å². The van der Waals surface area contributed by atoms with Gasteiger partial charge in [-0.25, -0.2) is 4.79 Å². The van der Waals surface area contributed by atoms with Crippen LogP contribution in [0.2, 0.25) is 0 Å². The number of phenols is 1. The normalized spacial score (nSPS) is 13.6. The van der Waals surface area contributed by atoms with Crippen LogP contribution in [0.1, 0.15) is 31.1 Å². The van der Waals surface area contributed by atoms with Crippen LogP contribution in [0.4, 0.5) is 0 Å². The van der Waals surface area contributed by atoms with Gasteiger partial charge in [0.15, 0.2) is 0 Å². The fourth-order valence-electron chi connectivity index (χ4n) is 1.46. The SMILES string of the molecule is CC(COC(=O)c1ccc(O)cc1)OC(=O)C(N)C(C)C. The van der Waals surface area contributed by atoms with Gasteiger partial charge in [-0.1, -0.05) is 13.8 Å². The largest absolute Gasteiger partial charge is 0.508 e. The second-order valence-corrected chi connectivity index (χ2v) is 5.16. The third-order valence-electron chi connectivity index (χ3n) is 2.86. The molecule has 0 spiro atoms. The molecule has 0 bridgehead atoms. The summed E-state index contributed by atoms with van der Waals surface area (Å²) in [6.45, 7) is 5.20. The molecule has 2 atom stereocenters. The fourth-order valence-corrected chi connectivity index (χ4v) is 1.46. The van der Waals surface area contributed by atoms with Crippen molar-refractivity contribution in [3.63, 3.8) is 0 Å². The number of aromatic hydroxyl groups is 1. The number of carbonyl (C=O) groups excluding carboxylic acids is 2. The van der Waals surface area contributed by atoms with Crippen molar-refractivity contribution < 1.29 is 24.2 Å². The predicted octanol–water partition coefficient (Wildman–Crippen LogP) is 1.46. The molecule has 2 unspecified atom stereocenters. The number of phenolic OH excluding ortho intramolecular Hbond substituents is 1. The van der Waals surface area contributed by atoms with Crippen molar-refractivity contribution in [3.05, 3.63) is 29.8 Å². The van der Waals surface area contributed by atoms with Gasteiger partial charge in [-0.2, -0.15) is 0 Å². The van der Waals surface area contributed by atoms with Crippen LogP contribution in [0.5, 0.6) is 5.75 Å². The van der Waals surface area contributed by atoms with Gasteiger partial charge in [-0.15, -0.1) is 0 Å². The summed E-state index contributed by atoms with van der Waals surface area (Å²) in [7, 11) is 0. The smallest absolute Gasteiger partial charge is 0.338 e. The lowest BCUT2D eigenvalue weighted by atomic mass is 10.1. The van der Waals surface area contributed by atoms with E-state index in [9.17, 15) is 9.59 Å². The maximum absolute atomic E-state index is 11.7. The Bertz CT molecular complexity index is 483. The summed E-state index contributed by atoms with van der Waals surface area (Å²) >= 11 is 0. The molecule has 21 heavy (non-hydrogen) atoms. The van der Waals surface area contributed by atoms with Crippen LogP contribution in [0, 0.1) is 5.92 Å². The van der Waals surface area contributed by atoms with Gasteiger partial charge in [0.05, 0.1) is 5.56 Å². The van der Waals surface area contributed by atoms with Gasteiger partial charge in [-0.05, 0) is 37.1 Å². The van der Waals surface area contributed by atoms with Crippen molar-refractivity contribution >= 4 is 11.9 Å². The Morgan fingerprint density at radius 1 is 1.19 bits per heavy atom. The van der Waals surface area contributed by atoms with Crippen LogP contribution in [0.3, 0.4) is 0 Å². The zero-order chi connectivity index (χ0) is 16.0. The van der Waals surface area contributed by atoms with E-state index in [0.717, 1.165) is 0 Å². The highest BCUT2D eigenvalue weighted by molar-refractivity contribution is 5.89. The van der Waals surface area contributed by atoms with E-state index < -0.39 is 24.1 Å². The summed E-state index contributed by atoms with van der Waals surface area (Å²) in [4.78, 5) is 23.4. The van der Waals surface area contributed by atoms with Gasteiger partial charge >= 0.3 is 11.9 Å². The van der Waals surface area contributed by atoms with Gasteiger partial charge in [0.25, 0.3) is 0 Å². The number of hydrogen-bond acceptors (Lipinski definition) is 6. The Labute approximate surface area is 123 Å². The lowest BCUT2D eigenvalue weighted by Crippen LogP contribution is -2.39. The molecule has 3 N–H and O–H groups in total. The lowest BCUT2D eigenvalue weighted by molar-refractivity contribution is -0.152. The van der Waals surface area contributed by atoms with E-state index in [1.807, 2.05) is 13.8 Å². The fraction of sp³-hybridized carbons (Fsp3) is 0.467. The molecule has 0 amide bonds. The van der Waals surface area contributed by atoms with Gasteiger partial charge in [0.1, 0.15) is 24.5 Å². The first-order valence-electron chi connectivity index (χ1n) is 6.73. The Kier molecular flexibility index (Phi) is 6.17. The first kappa shape index (κ1) is 17.0. The molecule has 0 saturated heterocycles. The molecule has 116 valence electrons. The van der Waals surface area contributed by atoms with E-state index in [4.69, 9.17) is 20.3 Å². The van der Waals surface area contributed by atoms with Gasteiger partial charge in [-0.3, -0.25) is 4.79 Å². The van der Waals surface area contributed by atoms with E-state index in [0.29, 0.717) is 5.56 Å². The summed E-state index contributed by atoms with van der Waals surface area (Å²) in [6, 6.07) is 4.98. The number of hydrogen-bond donors (Lipinski definition) is 2. The summed E-state index contributed by atoms with van der Waals surface area (Å²) < 4.78 is 10.1. The maximum atomic E-state index is 11.7. The van der Waals surface area contributed by atoms with Crippen LogP contribution in [0.25, 0.3) is 0 Å².